The first-order chi connectivity index (χ1) is 10.7. The van der Waals surface area contributed by atoms with Crippen molar-refractivity contribution in [2.75, 3.05) is 18.5 Å². The molecule has 1 aromatic heterocycles. The average Bonchev–Trinajstić information content (AvgIpc) is 2.55. The van der Waals surface area contributed by atoms with Crippen LogP contribution in [0.1, 0.15) is 16.1 Å². The van der Waals surface area contributed by atoms with Gasteiger partial charge in [0.15, 0.2) is 6.61 Å². The zero-order chi connectivity index (χ0) is 15.4. The van der Waals surface area contributed by atoms with Gasteiger partial charge in [-0.05, 0) is 36.2 Å². The molecule has 0 spiro atoms. The van der Waals surface area contributed by atoms with Gasteiger partial charge in [-0.3, -0.25) is 14.6 Å². The van der Waals surface area contributed by atoms with Gasteiger partial charge in [-0.2, -0.15) is 0 Å². The third kappa shape index (κ3) is 3.22. The van der Waals surface area contributed by atoms with Gasteiger partial charge in [0.25, 0.3) is 11.8 Å². The zero-order valence-electron chi connectivity index (χ0n) is 11.8. The molecule has 0 bridgehead atoms. The maximum atomic E-state index is 11.9. The number of hydrogen-bond acceptors (Lipinski definition) is 4. The molecule has 3 rings (SSSR count). The minimum absolute atomic E-state index is 0.0481. The predicted octanol–water partition coefficient (Wildman–Crippen LogP) is 1.39. The number of nitrogens with one attached hydrogen (secondary N) is 2. The summed E-state index contributed by atoms with van der Waals surface area (Å²) in [5, 5.41) is 5.58. The molecular weight excluding hydrogens is 282 g/mol. The third-order valence-electron chi connectivity index (χ3n) is 3.27. The van der Waals surface area contributed by atoms with Crippen LogP contribution in [0.4, 0.5) is 5.69 Å². The van der Waals surface area contributed by atoms with Gasteiger partial charge in [0.1, 0.15) is 11.4 Å². The van der Waals surface area contributed by atoms with Crippen molar-refractivity contribution >= 4 is 17.5 Å². The summed E-state index contributed by atoms with van der Waals surface area (Å²) >= 11 is 0. The number of amides is 2. The van der Waals surface area contributed by atoms with Crippen molar-refractivity contribution in [2.24, 2.45) is 0 Å². The lowest BCUT2D eigenvalue weighted by molar-refractivity contribution is -0.118. The Balaban J connectivity index is 1.57. The molecule has 0 unspecified atom stereocenters. The lowest BCUT2D eigenvalue weighted by Gasteiger charge is -2.18. The number of anilines is 1. The highest BCUT2D eigenvalue weighted by Crippen LogP contribution is 2.28. The van der Waals surface area contributed by atoms with Crippen molar-refractivity contribution in [3.63, 3.8) is 0 Å². The minimum Gasteiger partial charge on any atom is -0.482 e. The number of nitrogens with zero attached hydrogens (tertiary/aromatic N) is 1. The van der Waals surface area contributed by atoms with Crippen LogP contribution in [0.3, 0.4) is 0 Å². The molecule has 6 nitrogen and oxygen atoms in total. The molecule has 0 saturated heterocycles. The van der Waals surface area contributed by atoms with E-state index < -0.39 is 0 Å². The molecule has 0 saturated carbocycles. The SMILES string of the molecule is O=C1COc2ccc(CCNC(=O)c3ccccn3)cc2N1. The normalized spacial score (nSPS) is 12.8. The number of pyridine rings is 1. The molecule has 0 atom stereocenters. The topological polar surface area (TPSA) is 80.3 Å². The van der Waals surface area contributed by atoms with E-state index in [2.05, 4.69) is 15.6 Å². The maximum Gasteiger partial charge on any atom is 0.269 e. The maximum absolute atomic E-state index is 11.9. The molecule has 1 aliphatic heterocycles. The van der Waals surface area contributed by atoms with E-state index in [9.17, 15) is 9.59 Å². The summed E-state index contributed by atoms with van der Waals surface area (Å²) < 4.78 is 5.30. The van der Waals surface area contributed by atoms with Crippen molar-refractivity contribution < 1.29 is 14.3 Å². The minimum atomic E-state index is -0.199. The number of hydrogen-bond donors (Lipinski definition) is 2. The van der Waals surface area contributed by atoms with E-state index in [0.29, 0.717) is 30.1 Å². The van der Waals surface area contributed by atoms with Gasteiger partial charge in [-0.1, -0.05) is 12.1 Å². The summed E-state index contributed by atoms with van der Waals surface area (Å²) in [6, 6.07) is 10.8. The summed E-state index contributed by atoms with van der Waals surface area (Å²) in [4.78, 5) is 27.2. The van der Waals surface area contributed by atoms with Crippen LogP contribution >= 0.6 is 0 Å². The van der Waals surface area contributed by atoms with Crippen molar-refractivity contribution in [1.82, 2.24) is 10.3 Å². The van der Waals surface area contributed by atoms with Gasteiger partial charge < -0.3 is 15.4 Å². The second kappa shape index (κ2) is 6.26. The van der Waals surface area contributed by atoms with Gasteiger partial charge in [0.2, 0.25) is 0 Å². The quantitative estimate of drug-likeness (QED) is 0.893. The first-order valence-corrected chi connectivity index (χ1v) is 6.97. The van der Waals surface area contributed by atoms with Crippen LogP contribution in [0.15, 0.2) is 42.6 Å². The van der Waals surface area contributed by atoms with Crippen LogP contribution in [0.5, 0.6) is 5.75 Å². The fourth-order valence-electron chi connectivity index (χ4n) is 2.19. The van der Waals surface area contributed by atoms with Crippen LogP contribution < -0.4 is 15.4 Å². The van der Waals surface area contributed by atoms with Gasteiger partial charge in [0.05, 0.1) is 5.69 Å². The average molecular weight is 297 g/mol. The Morgan fingerprint density at radius 3 is 3.05 bits per heavy atom. The molecule has 1 aliphatic rings. The third-order valence-corrected chi connectivity index (χ3v) is 3.27. The summed E-state index contributed by atoms with van der Waals surface area (Å²) in [5.41, 5.74) is 2.07. The molecule has 2 amide bonds. The van der Waals surface area contributed by atoms with E-state index in [4.69, 9.17) is 4.74 Å². The lowest BCUT2D eigenvalue weighted by Crippen LogP contribution is -2.27. The van der Waals surface area contributed by atoms with Crippen molar-refractivity contribution in [1.29, 1.82) is 0 Å². The monoisotopic (exact) mass is 297 g/mol. The Labute approximate surface area is 127 Å². The lowest BCUT2D eigenvalue weighted by atomic mass is 10.1. The Hall–Kier alpha value is -2.89. The van der Waals surface area contributed by atoms with E-state index in [1.54, 1.807) is 24.4 Å². The second-order valence-corrected chi connectivity index (χ2v) is 4.89. The number of carbonyl (C=O) groups is 2. The van der Waals surface area contributed by atoms with Gasteiger partial charge in [0, 0.05) is 12.7 Å². The molecule has 22 heavy (non-hydrogen) atoms. The van der Waals surface area contributed by atoms with E-state index in [1.165, 1.54) is 0 Å². The van der Waals surface area contributed by atoms with Gasteiger partial charge in [-0.15, -0.1) is 0 Å². The Kier molecular flexibility index (Phi) is 4.00. The number of carbonyl (C=O) groups excluding carboxylic acids is 2. The highest BCUT2D eigenvalue weighted by molar-refractivity contribution is 5.95. The number of aromatic nitrogens is 1. The molecule has 0 fully saturated rings. The first kappa shape index (κ1) is 14.1. The molecule has 6 heteroatoms. The molecule has 2 heterocycles. The van der Waals surface area contributed by atoms with Crippen molar-refractivity contribution in [3.05, 3.63) is 53.9 Å². The Morgan fingerprint density at radius 1 is 1.32 bits per heavy atom. The Morgan fingerprint density at radius 2 is 2.23 bits per heavy atom. The molecule has 112 valence electrons. The van der Waals surface area contributed by atoms with E-state index >= 15 is 0 Å². The molecule has 1 aromatic carbocycles. The highest BCUT2D eigenvalue weighted by atomic mass is 16.5. The highest BCUT2D eigenvalue weighted by Gasteiger charge is 2.15. The molecular formula is C16H15N3O3. The van der Waals surface area contributed by atoms with Gasteiger partial charge >= 0.3 is 0 Å². The van der Waals surface area contributed by atoms with Crippen LogP contribution in [-0.2, 0) is 11.2 Å². The van der Waals surface area contributed by atoms with E-state index in [0.717, 1.165) is 5.56 Å². The number of fused-ring (bicyclic) bond motifs is 1. The smallest absolute Gasteiger partial charge is 0.269 e. The van der Waals surface area contributed by atoms with Crippen LogP contribution in [-0.4, -0.2) is 29.9 Å². The summed E-state index contributed by atoms with van der Waals surface area (Å²) in [5.74, 6) is 0.309. The molecule has 2 N–H and O–H groups in total. The van der Waals surface area contributed by atoms with Crippen LogP contribution in [0, 0.1) is 0 Å². The fraction of sp³-hybridized carbons (Fsp3) is 0.188. The molecule has 0 radical (unpaired) electrons. The number of ether oxygens (including phenoxy) is 1. The van der Waals surface area contributed by atoms with E-state index in [-0.39, 0.29) is 18.4 Å². The fourth-order valence-corrected chi connectivity index (χ4v) is 2.19. The van der Waals surface area contributed by atoms with E-state index in [1.807, 2.05) is 18.2 Å². The summed E-state index contributed by atoms with van der Waals surface area (Å²) in [6.07, 6.45) is 2.24. The Bertz CT molecular complexity index is 701. The predicted molar refractivity (Wildman–Crippen MR) is 80.8 cm³/mol. The largest absolute Gasteiger partial charge is 0.482 e. The summed E-state index contributed by atoms with van der Waals surface area (Å²) in [6.45, 7) is 0.537. The molecule has 2 aromatic rings. The van der Waals surface area contributed by atoms with Gasteiger partial charge in [-0.25, -0.2) is 0 Å². The standard InChI is InChI=1S/C16H15N3O3/c20-15-10-22-14-5-4-11(9-13(14)19-15)6-8-18-16(21)12-3-1-2-7-17-12/h1-5,7,9H,6,8,10H2,(H,18,21)(H,19,20). The number of benzene rings is 1. The van der Waals surface area contributed by atoms with Crippen LogP contribution in [0.25, 0.3) is 0 Å². The molecule has 0 aliphatic carbocycles. The second-order valence-electron chi connectivity index (χ2n) is 4.89. The number of rotatable bonds is 4. The van der Waals surface area contributed by atoms with Crippen molar-refractivity contribution in [3.8, 4) is 5.75 Å². The van der Waals surface area contributed by atoms with Crippen LogP contribution in [0.2, 0.25) is 0 Å². The summed E-state index contributed by atoms with van der Waals surface area (Å²) in [7, 11) is 0. The zero-order valence-corrected chi connectivity index (χ0v) is 11.8. The first-order valence-electron chi connectivity index (χ1n) is 6.97. The van der Waals surface area contributed by atoms with Crippen molar-refractivity contribution in [2.45, 2.75) is 6.42 Å².